The van der Waals surface area contributed by atoms with Crippen molar-refractivity contribution in [3.8, 4) is 0 Å². The average Bonchev–Trinajstić information content (AvgIpc) is 2.70. The Bertz CT molecular complexity index is 693. The summed E-state index contributed by atoms with van der Waals surface area (Å²) in [6, 6.07) is 1.14. The Morgan fingerprint density at radius 3 is 2.65 bits per heavy atom. The fourth-order valence-corrected chi connectivity index (χ4v) is 3.04. The van der Waals surface area contributed by atoms with Crippen LogP contribution in [0.4, 0.5) is 11.4 Å². The topological polar surface area (TPSA) is 110 Å². The third-order valence-corrected chi connectivity index (χ3v) is 4.88. The smallest absolute Gasteiger partial charge is 0.305 e. The van der Waals surface area contributed by atoms with Gasteiger partial charge in [-0.15, -0.1) is 0 Å². The van der Waals surface area contributed by atoms with Gasteiger partial charge in [0.1, 0.15) is 22.3 Å². The quantitative estimate of drug-likeness (QED) is 0.355. The molecule has 0 aliphatic carbocycles. The summed E-state index contributed by atoms with van der Waals surface area (Å²) in [5.74, 6) is -0.579. The number of carbonyl (C=O) groups excluding carboxylic acids is 1. The van der Waals surface area contributed by atoms with Crippen molar-refractivity contribution in [2.75, 3.05) is 11.4 Å². The molecule has 1 aromatic rings. The first-order valence-corrected chi connectivity index (χ1v) is 7.99. The van der Waals surface area contributed by atoms with Crippen LogP contribution < -0.4 is 4.90 Å². The minimum absolute atomic E-state index is 0.0458. The van der Waals surface area contributed by atoms with Crippen LogP contribution in [0, 0.1) is 10.1 Å². The van der Waals surface area contributed by atoms with Crippen molar-refractivity contribution in [1.29, 1.82) is 0 Å². The average molecular weight is 340 g/mol. The third-order valence-electron chi connectivity index (χ3n) is 2.80. The molecule has 1 amide bonds. The van der Waals surface area contributed by atoms with Gasteiger partial charge in [-0.05, 0) is 0 Å². The van der Waals surface area contributed by atoms with E-state index < -0.39 is 30.8 Å². The van der Waals surface area contributed by atoms with Gasteiger partial charge in [-0.3, -0.25) is 14.9 Å². The number of nitrogens with zero attached hydrogens (tertiary/aromatic N) is 3. The summed E-state index contributed by atoms with van der Waals surface area (Å²) in [6.45, 7) is -0.258. The van der Waals surface area contributed by atoms with Crippen molar-refractivity contribution in [1.82, 2.24) is 4.98 Å². The number of hydrogen-bond donors (Lipinski definition) is 0. The zero-order valence-corrected chi connectivity index (χ0v) is 12.0. The van der Waals surface area contributed by atoms with Crippen molar-refractivity contribution < 1.29 is 18.1 Å². The van der Waals surface area contributed by atoms with E-state index in [0.717, 1.165) is 17.2 Å². The van der Waals surface area contributed by atoms with E-state index in [1.54, 1.807) is 0 Å². The van der Waals surface area contributed by atoms with Crippen molar-refractivity contribution in [2.45, 2.75) is 11.7 Å². The maximum Gasteiger partial charge on any atom is 0.311 e. The van der Waals surface area contributed by atoms with E-state index in [9.17, 15) is 23.3 Å². The molecule has 1 fully saturated rings. The summed E-state index contributed by atoms with van der Waals surface area (Å²) in [5.41, 5.74) is -0.529. The number of pyridine rings is 1. The molecule has 20 heavy (non-hydrogen) atoms. The van der Waals surface area contributed by atoms with Gasteiger partial charge in [-0.2, -0.15) is 0 Å². The fraction of sp³-hybridized carbons (Fsp3) is 0.333. The van der Waals surface area contributed by atoms with Gasteiger partial charge in [0.2, 0.25) is 15.0 Å². The molecule has 0 aromatic carbocycles. The van der Waals surface area contributed by atoms with Gasteiger partial charge >= 0.3 is 5.69 Å². The zero-order chi connectivity index (χ0) is 15.1. The van der Waals surface area contributed by atoms with Crippen LogP contribution in [0.2, 0.25) is 5.15 Å². The molecule has 0 saturated carbocycles. The second kappa shape index (κ2) is 5.15. The Morgan fingerprint density at radius 1 is 1.50 bits per heavy atom. The molecule has 1 saturated heterocycles. The molecule has 1 aliphatic rings. The molecule has 1 aliphatic heterocycles. The summed E-state index contributed by atoms with van der Waals surface area (Å²) < 4.78 is 22.5. The second-order valence-corrected chi connectivity index (χ2v) is 7.35. The largest absolute Gasteiger partial charge is 0.311 e. The summed E-state index contributed by atoms with van der Waals surface area (Å²) >= 11 is 5.66. The number of anilines is 1. The molecule has 0 N–H and O–H groups in total. The van der Waals surface area contributed by atoms with E-state index in [4.69, 9.17) is 22.3 Å². The highest BCUT2D eigenvalue weighted by atomic mass is 35.7. The first-order valence-electron chi connectivity index (χ1n) is 5.24. The van der Waals surface area contributed by atoms with Crippen LogP contribution in [0.3, 0.4) is 0 Å². The summed E-state index contributed by atoms with van der Waals surface area (Å²) in [7, 11) is 1.28. The molecule has 2 heterocycles. The van der Waals surface area contributed by atoms with Gasteiger partial charge in [0, 0.05) is 29.7 Å². The number of rotatable bonds is 3. The van der Waals surface area contributed by atoms with E-state index >= 15 is 0 Å². The number of hydrogen-bond acceptors (Lipinski definition) is 6. The highest BCUT2D eigenvalue weighted by Crippen LogP contribution is 2.34. The first kappa shape index (κ1) is 14.9. The van der Waals surface area contributed by atoms with Crippen molar-refractivity contribution in [3.05, 3.63) is 27.5 Å². The molecule has 0 spiro atoms. The SMILES string of the molecule is O=C1CC(S(=O)(=O)Cl)CN1c1cc(Cl)ncc1[N+](=O)[O-]. The predicted molar refractivity (Wildman–Crippen MR) is 71.4 cm³/mol. The maximum absolute atomic E-state index is 11.8. The van der Waals surface area contributed by atoms with Gasteiger partial charge in [0.25, 0.3) is 0 Å². The van der Waals surface area contributed by atoms with E-state index in [0.29, 0.717) is 0 Å². The van der Waals surface area contributed by atoms with E-state index in [1.807, 2.05) is 0 Å². The highest BCUT2D eigenvalue weighted by molar-refractivity contribution is 8.14. The lowest BCUT2D eigenvalue weighted by Gasteiger charge is -2.16. The Balaban J connectivity index is 2.45. The standard InChI is InChI=1S/C9H7Cl2N3O5S/c10-8-2-6(7(3-12-8)14(16)17)13-4-5(1-9(13)15)20(11,18)19/h2-3,5H,1,4H2. The van der Waals surface area contributed by atoms with E-state index in [-0.39, 0.29) is 23.8 Å². The number of nitro groups is 1. The molecule has 11 heteroatoms. The van der Waals surface area contributed by atoms with Crippen LogP contribution in [-0.4, -0.2) is 36.0 Å². The van der Waals surface area contributed by atoms with Gasteiger partial charge in [0.05, 0.1) is 4.92 Å². The molecular formula is C9H7Cl2N3O5S. The van der Waals surface area contributed by atoms with Crippen LogP contribution in [0.25, 0.3) is 0 Å². The van der Waals surface area contributed by atoms with E-state index in [1.165, 1.54) is 0 Å². The Kier molecular flexibility index (Phi) is 3.85. The first-order chi connectivity index (χ1) is 9.20. The zero-order valence-electron chi connectivity index (χ0n) is 9.69. The van der Waals surface area contributed by atoms with Crippen molar-refractivity contribution in [3.63, 3.8) is 0 Å². The second-order valence-electron chi connectivity index (χ2n) is 4.06. The lowest BCUT2D eigenvalue weighted by atomic mass is 10.3. The summed E-state index contributed by atoms with van der Waals surface area (Å²) in [6.07, 6.45) is 0.580. The van der Waals surface area contributed by atoms with Gasteiger partial charge in [-0.25, -0.2) is 13.4 Å². The predicted octanol–water partition coefficient (Wildman–Crippen LogP) is 1.32. The number of halogens is 2. The minimum atomic E-state index is -3.93. The Labute approximate surface area is 122 Å². The molecule has 108 valence electrons. The third kappa shape index (κ3) is 2.84. The van der Waals surface area contributed by atoms with Gasteiger partial charge in [0.15, 0.2) is 0 Å². The lowest BCUT2D eigenvalue weighted by molar-refractivity contribution is -0.384. The summed E-state index contributed by atoms with van der Waals surface area (Å²) in [4.78, 5) is 26.6. The molecule has 1 unspecified atom stereocenters. The molecule has 8 nitrogen and oxygen atoms in total. The Morgan fingerprint density at radius 2 is 2.15 bits per heavy atom. The minimum Gasteiger partial charge on any atom is -0.305 e. The lowest BCUT2D eigenvalue weighted by Crippen LogP contribution is -2.27. The molecule has 0 radical (unpaired) electrons. The maximum atomic E-state index is 11.8. The number of carbonyl (C=O) groups is 1. The van der Waals surface area contributed by atoms with Crippen LogP contribution in [0.15, 0.2) is 12.3 Å². The normalized spacial score (nSPS) is 19.4. The number of amides is 1. The van der Waals surface area contributed by atoms with Crippen LogP contribution in [0.1, 0.15) is 6.42 Å². The van der Waals surface area contributed by atoms with Crippen LogP contribution in [-0.2, 0) is 13.8 Å². The summed E-state index contributed by atoms with van der Waals surface area (Å²) in [5, 5.41) is 9.76. The molecule has 1 aromatic heterocycles. The Hall–Kier alpha value is -1.45. The van der Waals surface area contributed by atoms with Gasteiger partial charge in [-0.1, -0.05) is 11.6 Å². The van der Waals surface area contributed by atoms with Crippen LogP contribution in [0.5, 0.6) is 0 Å². The number of aromatic nitrogens is 1. The monoisotopic (exact) mass is 339 g/mol. The van der Waals surface area contributed by atoms with Gasteiger partial charge < -0.3 is 4.90 Å². The van der Waals surface area contributed by atoms with Crippen molar-refractivity contribution in [2.24, 2.45) is 0 Å². The van der Waals surface area contributed by atoms with Crippen molar-refractivity contribution >= 4 is 48.6 Å². The molecule has 2 rings (SSSR count). The molecular weight excluding hydrogens is 333 g/mol. The van der Waals surface area contributed by atoms with Crippen LogP contribution >= 0.6 is 22.3 Å². The fourth-order valence-electron chi connectivity index (χ4n) is 1.87. The molecule has 0 bridgehead atoms. The highest BCUT2D eigenvalue weighted by Gasteiger charge is 2.40. The van der Waals surface area contributed by atoms with E-state index in [2.05, 4.69) is 4.98 Å². The molecule has 1 atom stereocenters.